The Labute approximate surface area is 562 Å². The van der Waals surface area contributed by atoms with Gasteiger partial charge in [-0.1, -0.05) is 295 Å². The lowest BCUT2D eigenvalue weighted by molar-refractivity contribution is -0.379. The molecule has 0 spiro atoms. The maximum absolute atomic E-state index is 13.4. The molecule has 3 saturated heterocycles. The van der Waals surface area contributed by atoms with Crippen LogP contribution in [0.25, 0.3) is 0 Å². The van der Waals surface area contributed by atoms with Gasteiger partial charge in [0.2, 0.25) is 5.91 Å². The number of hydrogen-bond donors (Lipinski definition) is 12. The molecule has 19 heteroatoms. The van der Waals surface area contributed by atoms with Gasteiger partial charge in [0.25, 0.3) is 0 Å². The van der Waals surface area contributed by atoms with E-state index in [2.05, 4.69) is 31.3 Å². The van der Waals surface area contributed by atoms with Crippen LogP contribution < -0.4 is 5.32 Å². The van der Waals surface area contributed by atoms with Gasteiger partial charge in [0.15, 0.2) is 18.9 Å². The van der Waals surface area contributed by atoms with Crippen molar-refractivity contribution in [2.75, 3.05) is 26.4 Å². The number of aliphatic hydroxyl groups excluding tert-OH is 11. The van der Waals surface area contributed by atoms with E-state index in [0.717, 1.165) is 38.5 Å². The molecule has 17 unspecified atom stereocenters. The average Bonchev–Trinajstić information content (AvgIpc) is 0.985. The highest BCUT2D eigenvalue weighted by atomic mass is 16.8. The summed E-state index contributed by atoms with van der Waals surface area (Å²) in [5.41, 5.74) is 0. The Balaban J connectivity index is 1.41. The van der Waals surface area contributed by atoms with E-state index in [-0.39, 0.29) is 18.9 Å². The van der Waals surface area contributed by atoms with Gasteiger partial charge in [-0.3, -0.25) is 4.79 Å². The minimum absolute atomic E-state index is 0.241. The molecule has 3 rings (SSSR count). The molecule has 0 aromatic rings. The molecular weight excluding hydrogens is 1190 g/mol. The Morgan fingerprint density at radius 1 is 0.376 bits per heavy atom. The summed E-state index contributed by atoms with van der Waals surface area (Å²) in [5, 5.41) is 121. The topological polar surface area (TPSA) is 307 Å². The van der Waals surface area contributed by atoms with Crippen molar-refractivity contribution < 1.29 is 89.4 Å². The van der Waals surface area contributed by atoms with Gasteiger partial charge in [-0.2, -0.15) is 0 Å². The maximum atomic E-state index is 13.4. The molecule has 12 N–H and O–H groups in total. The molecule has 548 valence electrons. The highest BCUT2D eigenvalue weighted by Crippen LogP contribution is 2.33. The van der Waals surface area contributed by atoms with Crippen molar-refractivity contribution >= 4 is 5.91 Å². The van der Waals surface area contributed by atoms with E-state index in [9.17, 15) is 61.0 Å². The molecule has 1 amide bonds. The van der Waals surface area contributed by atoms with Crippen molar-refractivity contribution in [3.63, 3.8) is 0 Å². The predicted octanol–water partition coefficient (Wildman–Crippen LogP) is 11.4. The Hall–Kier alpha value is -1.73. The van der Waals surface area contributed by atoms with Gasteiger partial charge in [0.05, 0.1) is 38.6 Å². The molecular formula is C74H139NO18. The molecule has 17 atom stereocenters. The van der Waals surface area contributed by atoms with Crippen LogP contribution in [0.4, 0.5) is 0 Å². The summed E-state index contributed by atoms with van der Waals surface area (Å²) in [4.78, 5) is 13.4. The van der Waals surface area contributed by atoms with E-state index in [1.165, 1.54) is 238 Å². The van der Waals surface area contributed by atoms with Gasteiger partial charge in [0.1, 0.15) is 73.2 Å². The van der Waals surface area contributed by atoms with Crippen LogP contribution in [0.15, 0.2) is 24.3 Å². The van der Waals surface area contributed by atoms with Crippen molar-refractivity contribution in [2.24, 2.45) is 0 Å². The van der Waals surface area contributed by atoms with E-state index in [0.29, 0.717) is 12.8 Å². The van der Waals surface area contributed by atoms with Crippen LogP contribution in [0.1, 0.15) is 309 Å². The molecule has 19 nitrogen and oxygen atoms in total. The molecule has 0 bridgehead atoms. The normalized spacial score (nSPS) is 27.6. The molecule has 3 heterocycles. The number of aliphatic hydroxyl groups is 11. The molecule has 3 aliphatic heterocycles. The van der Waals surface area contributed by atoms with Crippen molar-refractivity contribution in [2.45, 2.75) is 413 Å². The maximum Gasteiger partial charge on any atom is 0.220 e. The number of hydrogen-bond acceptors (Lipinski definition) is 18. The minimum atomic E-state index is -1.98. The van der Waals surface area contributed by atoms with Crippen molar-refractivity contribution in [3.05, 3.63) is 24.3 Å². The first-order valence-electron chi connectivity index (χ1n) is 38.1. The lowest BCUT2D eigenvalue weighted by Crippen LogP contribution is -2.66. The van der Waals surface area contributed by atoms with E-state index >= 15 is 0 Å². The summed E-state index contributed by atoms with van der Waals surface area (Å²) in [5.74, 6) is -0.279. The first kappa shape index (κ1) is 85.5. The third-order valence-electron chi connectivity index (χ3n) is 19.3. The van der Waals surface area contributed by atoms with E-state index in [1.54, 1.807) is 6.08 Å². The van der Waals surface area contributed by atoms with Gasteiger partial charge in [-0.15, -0.1) is 0 Å². The largest absolute Gasteiger partial charge is 0.394 e. The van der Waals surface area contributed by atoms with E-state index < -0.39 is 124 Å². The second-order valence-electron chi connectivity index (χ2n) is 27.5. The number of unbranched alkanes of at least 4 members (excludes halogenated alkanes) is 42. The molecule has 0 radical (unpaired) electrons. The van der Waals surface area contributed by atoms with Crippen LogP contribution in [-0.4, -0.2) is 193 Å². The van der Waals surface area contributed by atoms with Crippen LogP contribution in [0.2, 0.25) is 0 Å². The quantitative estimate of drug-likeness (QED) is 0.0199. The van der Waals surface area contributed by atoms with Gasteiger partial charge in [0, 0.05) is 6.42 Å². The number of rotatable bonds is 60. The summed E-state index contributed by atoms with van der Waals surface area (Å²) in [7, 11) is 0. The van der Waals surface area contributed by atoms with Crippen LogP contribution in [0.5, 0.6) is 0 Å². The highest BCUT2D eigenvalue weighted by molar-refractivity contribution is 5.76. The molecule has 93 heavy (non-hydrogen) atoms. The summed E-state index contributed by atoms with van der Waals surface area (Å²) in [6.07, 6.45) is 38.8. The van der Waals surface area contributed by atoms with Gasteiger partial charge in [-0.05, 0) is 32.1 Å². The summed E-state index contributed by atoms with van der Waals surface area (Å²) < 4.78 is 34.4. The zero-order valence-electron chi connectivity index (χ0n) is 58.3. The molecule has 0 aliphatic carbocycles. The molecule has 0 aromatic heterocycles. The highest BCUT2D eigenvalue weighted by Gasteiger charge is 2.53. The monoisotopic (exact) mass is 1330 g/mol. The fourth-order valence-corrected chi connectivity index (χ4v) is 13.1. The Morgan fingerprint density at radius 2 is 0.688 bits per heavy atom. The number of amides is 1. The molecule has 0 saturated carbocycles. The predicted molar refractivity (Wildman–Crippen MR) is 365 cm³/mol. The lowest BCUT2D eigenvalue weighted by Gasteiger charge is -2.48. The first-order chi connectivity index (χ1) is 45.3. The Bertz CT molecular complexity index is 1780. The van der Waals surface area contributed by atoms with E-state index in [1.807, 2.05) is 6.08 Å². The van der Waals surface area contributed by atoms with Crippen LogP contribution in [0.3, 0.4) is 0 Å². The van der Waals surface area contributed by atoms with Gasteiger partial charge >= 0.3 is 0 Å². The number of ether oxygens (including phenoxy) is 6. The fourth-order valence-electron chi connectivity index (χ4n) is 13.1. The smallest absolute Gasteiger partial charge is 0.220 e. The number of carbonyl (C=O) groups excluding carboxylic acids is 1. The zero-order valence-corrected chi connectivity index (χ0v) is 58.3. The fraction of sp³-hybridized carbons (Fsp3) is 0.932. The summed E-state index contributed by atoms with van der Waals surface area (Å²) in [6.45, 7) is 1.77. The molecule has 3 fully saturated rings. The molecule has 0 aromatic carbocycles. The first-order valence-corrected chi connectivity index (χ1v) is 38.1. The van der Waals surface area contributed by atoms with Crippen molar-refractivity contribution in [1.29, 1.82) is 0 Å². The average molecular weight is 1330 g/mol. The molecule has 3 aliphatic rings. The van der Waals surface area contributed by atoms with Crippen LogP contribution in [0, 0.1) is 0 Å². The van der Waals surface area contributed by atoms with Crippen LogP contribution in [-0.2, 0) is 33.2 Å². The zero-order chi connectivity index (χ0) is 67.5. The van der Waals surface area contributed by atoms with E-state index in [4.69, 9.17) is 28.4 Å². The Kier molecular flexibility index (Phi) is 51.5. The third-order valence-corrected chi connectivity index (χ3v) is 19.3. The van der Waals surface area contributed by atoms with Gasteiger partial charge in [-0.25, -0.2) is 0 Å². The summed E-state index contributed by atoms with van der Waals surface area (Å²) in [6, 6.07) is -0.987. The van der Waals surface area contributed by atoms with Crippen LogP contribution >= 0.6 is 0 Å². The number of nitrogens with one attached hydrogen (secondary N) is 1. The second-order valence-corrected chi connectivity index (χ2v) is 27.5. The van der Waals surface area contributed by atoms with Crippen molar-refractivity contribution in [3.8, 4) is 0 Å². The number of allylic oxidation sites excluding steroid dienone is 3. The van der Waals surface area contributed by atoms with Gasteiger partial charge < -0.3 is 89.9 Å². The lowest BCUT2D eigenvalue weighted by atomic mass is 9.96. The number of carbonyl (C=O) groups is 1. The third kappa shape index (κ3) is 37.3. The minimum Gasteiger partial charge on any atom is -0.394 e. The Morgan fingerprint density at radius 3 is 1.08 bits per heavy atom. The summed E-state index contributed by atoms with van der Waals surface area (Å²) >= 11 is 0. The standard InChI is InChI=1S/C74H139NO18/c1-3-5-7-9-11-13-15-17-19-21-23-25-26-27-28-29-30-32-33-35-37-39-41-43-45-47-49-51-58(79)57(75-62(80)52-50-48-46-44-42-40-38-36-34-31-24-22-20-18-16-14-12-10-8-6-4-2)56-88-72-68(86)65(83)70(60(54-77)90-72)93-74-69(87)66(84)71(61(55-78)91-74)92-73-67(85)64(82)63(81)59(53-76)89-73/h41,43,49,51,57-61,63-74,76-79,81-87H,3-40,42,44-48,50,52-56H2,1-2H3,(H,75,80)/b43-41+,51-49+. The SMILES string of the molecule is CCCCCCCCCCCCCCCCCCCCCCC/C=C/CC/C=C/C(O)C(COC1OC(CO)C(OC2OC(CO)C(OC3OC(CO)C(O)C(O)C3O)C(O)C2O)C(O)C1O)NC(=O)CCCCCCCCCCCCCCCCCCCCCCC. The van der Waals surface area contributed by atoms with Crippen molar-refractivity contribution in [1.82, 2.24) is 5.32 Å². The second kappa shape index (κ2) is 56.1.